The Bertz CT molecular complexity index is 314. The summed E-state index contributed by atoms with van der Waals surface area (Å²) in [5.74, 6) is -0.163. The lowest BCUT2D eigenvalue weighted by molar-refractivity contribution is 0.0926. The van der Waals surface area contributed by atoms with Crippen molar-refractivity contribution in [2.24, 2.45) is 0 Å². The summed E-state index contributed by atoms with van der Waals surface area (Å²) in [4.78, 5) is 21.7. The summed E-state index contributed by atoms with van der Waals surface area (Å²) >= 11 is 0. The Morgan fingerprint density at radius 2 is 1.92 bits per heavy atom. The summed E-state index contributed by atoms with van der Waals surface area (Å²) in [6.07, 6.45) is 0. The maximum absolute atomic E-state index is 10.9. The molecule has 0 atom stereocenters. The zero-order chi connectivity index (χ0) is 9.14. The van der Waals surface area contributed by atoms with Gasteiger partial charge in [-0.1, -0.05) is 0 Å². The maximum atomic E-state index is 10.9. The average molecular weight is 167 g/mol. The van der Waals surface area contributed by atoms with Crippen LogP contribution < -0.4 is 5.32 Å². The molecule has 0 aliphatic carbocycles. The Morgan fingerprint density at radius 1 is 1.33 bits per heavy atom. The molecule has 0 spiro atoms. The first-order valence-corrected chi connectivity index (χ1v) is 3.48. The highest BCUT2D eigenvalue weighted by Crippen LogP contribution is 2.07. The minimum Gasteiger partial charge on any atom is -0.448 e. The summed E-state index contributed by atoms with van der Waals surface area (Å²) in [7, 11) is 1.50. The van der Waals surface area contributed by atoms with E-state index in [1.54, 1.807) is 0 Å². The first-order valence-electron chi connectivity index (χ1n) is 3.48. The van der Waals surface area contributed by atoms with E-state index in [1.165, 1.54) is 26.1 Å². The van der Waals surface area contributed by atoms with Crippen LogP contribution in [-0.2, 0) is 0 Å². The van der Waals surface area contributed by atoms with Crippen LogP contribution in [0.15, 0.2) is 16.5 Å². The van der Waals surface area contributed by atoms with E-state index in [2.05, 4.69) is 5.32 Å². The van der Waals surface area contributed by atoms with Crippen LogP contribution >= 0.6 is 0 Å². The van der Waals surface area contributed by atoms with Crippen LogP contribution in [0.3, 0.4) is 0 Å². The lowest BCUT2D eigenvalue weighted by Gasteiger charge is -1.92. The van der Waals surface area contributed by atoms with Crippen molar-refractivity contribution in [3.8, 4) is 0 Å². The molecule has 0 bridgehead atoms. The third-order valence-corrected chi connectivity index (χ3v) is 1.40. The summed E-state index contributed by atoms with van der Waals surface area (Å²) in [6, 6.07) is 2.95. The minimum absolute atomic E-state index is 0.155. The van der Waals surface area contributed by atoms with Crippen LogP contribution in [0.25, 0.3) is 0 Å². The summed E-state index contributed by atoms with van der Waals surface area (Å²) in [6.45, 7) is 1.38. The van der Waals surface area contributed by atoms with Crippen LogP contribution in [-0.4, -0.2) is 18.7 Å². The second kappa shape index (κ2) is 3.21. The monoisotopic (exact) mass is 167 g/mol. The maximum Gasteiger partial charge on any atom is 0.286 e. The Morgan fingerprint density at radius 3 is 2.33 bits per heavy atom. The average Bonchev–Trinajstić information content (AvgIpc) is 2.51. The van der Waals surface area contributed by atoms with E-state index >= 15 is 0 Å². The molecule has 4 nitrogen and oxygen atoms in total. The van der Waals surface area contributed by atoms with E-state index in [1.807, 2.05) is 0 Å². The zero-order valence-corrected chi connectivity index (χ0v) is 6.88. The van der Waals surface area contributed by atoms with E-state index in [0.29, 0.717) is 0 Å². The molecule has 0 saturated heterocycles. The van der Waals surface area contributed by atoms with Gasteiger partial charge in [-0.15, -0.1) is 0 Å². The SMILES string of the molecule is CNC(=O)c1ccc(C(C)=O)o1. The molecule has 0 radical (unpaired) electrons. The van der Waals surface area contributed by atoms with Crippen molar-refractivity contribution in [1.29, 1.82) is 0 Å². The fourth-order valence-corrected chi connectivity index (χ4v) is 0.772. The third kappa shape index (κ3) is 1.53. The van der Waals surface area contributed by atoms with Crippen molar-refractivity contribution in [3.63, 3.8) is 0 Å². The quantitative estimate of drug-likeness (QED) is 0.664. The van der Waals surface area contributed by atoms with E-state index < -0.39 is 0 Å². The number of nitrogens with one attached hydrogen (secondary N) is 1. The molecule has 0 unspecified atom stereocenters. The molecule has 1 heterocycles. The normalized spacial score (nSPS) is 9.50. The molecule has 0 fully saturated rings. The standard InChI is InChI=1S/C8H9NO3/c1-5(10)6-3-4-7(12-6)8(11)9-2/h3-4H,1-2H3,(H,9,11). The summed E-state index contributed by atoms with van der Waals surface area (Å²) in [5.41, 5.74) is 0. The third-order valence-electron chi connectivity index (χ3n) is 1.40. The van der Waals surface area contributed by atoms with Gasteiger partial charge in [0, 0.05) is 14.0 Å². The number of furan rings is 1. The molecule has 0 aliphatic rings. The van der Waals surface area contributed by atoms with Crippen LogP contribution in [0.1, 0.15) is 28.0 Å². The zero-order valence-electron chi connectivity index (χ0n) is 6.88. The molecule has 1 rings (SSSR count). The Kier molecular flexibility index (Phi) is 2.28. The molecule has 1 N–H and O–H groups in total. The Balaban J connectivity index is 2.91. The highest BCUT2D eigenvalue weighted by Gasteiger charge is 2.10. The molecule has 1 aromatic rings. The topological polar surface area (TPSA) is 59.3 Å². The molecule has 1 amide bonds. The number of hydrogen-bond acceptors (Lipinski definition) is 3. The number of amides is 1. The lowest BCUT2D eigenvalue weighted by Crippen LogP contribution is -2.16. The highest BCUT2D eigenvalue weighted by atomic mass is 16.4. The van der Waals surface area contributed by atoms with Gasteiger partial charge >= 0.3 is 0 Å². The van der Waals surface area contributed by atoms with Crippen molar-refractivity contribution in [3.05, 3.63) is 23.7 Å². The van der Waals surface area contributed by atoms with Gasteiger partial charge in [0.2, 0.25) is 0 Å². The molecular formula is C8H9NO3. The van der Waals surface area contributed by atoms with E-state index in [4.69, 9.17) is 4.42 Å². The highest BCUT2D eigenvalue weighted by molar-refractivity contribution is 5.95. The predicted molar refractivity (Wildman–Crippen MR) is 42.1 cm³/mol. The number of ketones is 1. The number of hydrogen-bond donors (Lipinski definition) is 1. The predicted octanol–water partition coefficient (Wildman–Crippen LogP) is 0.842. The van der Waals surface area contributed by atoms with Gasteiger partial charge in [-0.2, -0.15) is 0 Å². The lowest BCUT2D eigenvalue weighted by atomic mass is 10.3. The second-order valence-electron chi connectivity index (χ2n) is 2.30. The number of carbonyl (C=O) groups is 2. The van der Waals surface area contributed by atoms with Crippen molar-refractivity contribution in [2.75, 3.05) is 7.05 Å². The van der Waals surface area contributed by atoms with E-state index in [-0.39, 0.29) is 23.2 Å². The fraction of sp³-hybridized carbons (Fsp3) is 0.250. The first kappa shape index (κ1) is 8.52. The second-order valence-corrected chi connectivity index (χ2v) is 2.30. The number of Topliss-reactive ketones (excluding diaryl/α,β-unsaturated/α-hetero) is 1. The molecule has 4 heteroatoms. The molecular weight excluding hydrogens is 158 g/mol. The van der Waals surface area contributed by atoms with Crippen LogP contribution in [0.4, 0.5) is 0 Å². The Labute approximate surface area is 69.6 Å². The molecule has 0 aliphatic heterocycles. The van der Waals surface area contributed by atoms with Crippen LogP contribution in [0.5, 0.6) is 0 Å². The van der Waals surface area contributed by atoms with Gasteiger partial charge in [-0.25, -0.2) is 0 Å². The van der Waals surface area contributed by atoms with Gasteiger partial charge in [-0.3, -0.25) is 9.59 Å². The summed E-state index contributed by atoms with van der Waals surface area (Å²) < 4.78 is 4.94. The Hall–Kier alpha value is -1.58. The van der Waals surface area contributed by atoms with E-state index in [9.17, 15) is 9.59 Å². The van der Waals surface area contributed by atoms with Crippen molar-refractivity contribution in [2.45, 2.75) is 6.92 Å². The smallest absolute Gasteiger partial charge is 0.286 e. The molecule has 12 heavy (non-hydrogen) atoms. The van der Waals surface area contributed by atoms with E-state index in [0.717, 1.165) is 0 Å². The molecule has 0 saturated carbocycles. The van der Waals surface area contributed by atoms with Crippen molar-refractivity contribution >= 4 is 11.7 Å². The van der Waals surface area contributed by atoms with Crippen LogP contribution in [0, 0.1) is 0 Å². The number of rotatable bonds is 2. The first-order chi connectivity index (χ1) is 5.65. The molecule has 0 aromatic carbocycles. The summed E-state index contributed by atoms with van der Waals surface area (Å²) in [5, 5.41) is 2.39. The molecule has 64 valence electrons. The van der Waals surface area contributed by atoms with Crippen molar-refractivity contribution in [1.82, 2.24) is 5.32 Å². The van der Waals surface area contributed by atoms with Gasteiger partial charge < -0.3 is 9.73 Å². The van der Waals surface area contributed by atoms with Gasteiger partial charge in [-0.05, 0) is 12.1 Å². The molecule has 1 aromatic heterocycles. The van der Waals surface area contributed by atoms with Gasteiger partial charge in [0.05, 0.1) is 0 Å². The van der Waals surface area contributed by atoms with Crippen molar-refractivity contribution < 1.29 is 14.0 Å². The number of carbonyl (C=O) groups excluding carboxylic acids is 2. The van der Waals surface area contributed by atoms with Crippen LogP contribution in [0.2, 0.25) is 0 Å². The van der Waals surface area contributed by atoms with Gasteiger partial charge in [0.15, 0.2) is 17.3 Å². The van der Waals surface area contributed by atoms with Gasteiger partial charge in [0.25, 0.3) is 5.91 Å². The minimum atomic E-state index is -0.331. The van der Waals surface area contributed by atoms with Gasteiger partial charge in [0.1, 0.15) is 0 Å². The fourth-order valence-electron chi connectivity index (χ4n) is 0.772. The largest absolute Gasteiger partial charge is 0.448 e.